The topological polar surface area (TPSA) is 102 Å². The van der Waals surface area contributed by atoms with E-state index in [0.717, 1.165) is 0 Å². The van der Waals surface area contributed by atoms with Crippen LogP contribution in [-0.2, 0) is 0 Å². The Labute approximate surface area is 113 Å². The number of rotatable bonds is 1. The lowest BCUT2D eigenvalue weighted by molar-refractivity contribution is 0.371. The van der Waals surface area contributed by atoms with Gasteiger partial charge in [-0.2, -0.15) is 5.26 Å². The Hall–Kier alpha value is -2.94. The van der Waals surface area contributed by atoms with Gasteiger partial charge in [-0.3, -0.25) is 0 Å². The molecule has 6 nitrogen and oxygen atoms in total. The van der Waals surface area contributed by atoms with Gasteiger partial charge < -0.3 is 19.3 Å². The predicted molar refractivity (Wildman–Crippen MR) is 67.7 cm³/mol. The van der Waals surface area contributed by atoms with Crippen LogP contribution in [0.1, 0.15) is 22.8 Å². The molecule has 100 valence electrons. The molecule has 20 heavy (non-hydrogen) atoms. The molecule has 2 aromatic rings. The summed E-state index contributed by atoms with van der Waals surface area (Å²) in [4.78, 5) is 12.1. The quantitative estimate of drug-likeness (QED) is 0.846. The van der Waals surface area contributed by atoms with Crippen LogP contribution in [0.15, 0.2) is 49.7 Å². The average Bonchev–Trinajstić information content (AvgIpc) is 2.90. The third kappa shape index (κ3) is 1.68. The Bertz CT molecular complexity index is 794. The standard InChI is InChI=1S/C14H10N2O4/c1-7-4-10-12(14(17)19-7)11(8-2-3-18-6-8)9(5-15)13(16)20-10/h2-4,6,11H,16H2,1H3. The van der Waals surface area contributed by atoms with Crippen LogP contribution in [0.25, 0.3) is 0 Å². The first-order valence-electron chi connectivity index (χ1n) is 5.86. The molecule has 6 heteroatoms. The molecule has 0 amide bonds. The van der Waals surface area contributed by atoms with Crippen LogP contribution in [0.4, 0.5) is 0 Å². The van der Waals surface area contributed by atoms with Crippen molar-refractivity contribution in [2.75, 3.05) is 0 Å². The first-order valence-corrected chi connectivity index (χ1v) is 5.86. The minimum Gasteiger partial charge on any atom is -0.472 e. The number of fused-ring (bicyclic) bond motifs is 1. The summed E-state index contributed by atoms with van der Waals surface area (Å²) in [5.41, 5.74) is 6.28. The second kappa shape index (κ2) is 4.31. The van der Waals surface area contributed by atoms with Gasteiger partial charge in [0.1, 0.15) is 23.2 Å². The van der Waals surface area contributed by atoms with Gasteiger partial charge >= 0.3 is 5.63 Å². The molecular weight excluding hydrogens is 260 g/mol. The zero-order valence-electron chi connectivity index (χ0n) is 10.5. The van der Waals surface area contributed by atoms with Gasteiger partial charge in [0.25, 0.3) is 0 Å². The lowest BCUT2D eigenvalue weighted by Crippen LogP contribution is -2.26. The summed E-state index contributed by atoms with van der Waals surface area (Å²) in [6.45, 7) is 1.64. The maximum Gasteiger partial charge on any atom is 0.343 e. The Morgan fingerprint density at radius 3 is 2.90 bits per heavy atom. The fourth-order valence-electron chi connectivity index (χ4n) is 2.29. The molecule has 0 spiro atoms. The maximum absolute atomic E-state index is 12.1. The van der Waals surface area contributed by atoms with Crippen molar-refractivity contribution >= 4 is 0 Å². The monoisotopic (exact) mass is 270 g/mol. The zero-order chi connectivity index (χ0) is 14.3. The number of ether oxygens (including phenoxy) is 1. The number of nitrogens with zero attached hydrogens (tertiary/aromatic N) is 1. The zero-order valence-corrected chi connectivity index (χ0v) is 10.5. The highest BCUT2D eigenvalue weighted by Gasteiger charge is 2.34. The minimum atomic E-state index is -0.639. The number of furan rings is 1. The lowest BCUT2D eigenvalue weighted by atomic mass is 9.86. The first-order chi connectivity index (χ1) is 9.61. The van der Waals surface area contributed by atoms with E-state index in [1.807, 2.05) is 6.07 Å². The smallest absolute Gasteiger partial charge is 0.343 e. The molecule has 0 aromatic carbocycles. The molecule has 2 N–H and O–H groups in total. The largest absolute Gasteiger partial charge is 0.472 e. The highest BCUT2D eigenvalue weighted by atomic mass is 16.5. The van der Waals surface area contributed by atoms with Crippen molar-refractivity contribution in [3.8, 4) is 11.8 Å². The number of nitrogens with two attached hydrogens (primary N) is 1. The second-order valence-electron chi connectivity index (χ2n) is 4.40. The maximum atomic E-state index is 12.1. The Morgan fingerprint density at radius 1 is 1.45 bits per heavy atom. The Balaban J connectivity index is 2.32. The second-order valence-corrected chi connectivity index (χ2v) is 4.40. The lowest BCUT2D eigenvalue weighted by Gasteiger charge is -2.23. The summed E-state index contributed by atoms with van der Waals surface area (Å²) in [6, 6.07) is 5.23. The first kappa shape index (κ1) is 12.1. The number of allylic oxidation sites excluding steroid dienone is 1. The van der Waals surface area contributed by atoms with Crippen LogP contribution in [0.2, 0.25) is 0 Å². The number of hydrogen-bond donors (Lipinski definition) is 1. The summed E-state index contributed by atoms with van der Waals surface area (Å²) in [5.74, 6) is 0.0601. The van der Waals surface area contributed by atoms with Crippen molar-refractivity contribution in [3.63, 3.8) is 0 Å². The summed E-state index contributed by atoms with van der Waals surface area (Å²) < 4.78 is 15.5. The fourth-order valence-corrected chi connectivity index (χ4v) is 2.29. The number of hydrogen-bond acceptors (Lipinski definition) is 6. The molecule has 0 fully saturated rings. The van der Waals surface area contributed by atoms with Crippen LogP contribution in [0.3, 0.4) is 0 Å². The normalized spacial score (nSPS) is 17.3. The molecule has 1 unspecified atom stereocenters. The number of aryl methyl sites for hydroxylation is 1. The van der Waals surface area contributed by atoms with Crippen LogP contribution in [0.5, 0.6) is 5.75 Å². The molecule has 0 bridgehead atoms. The summed E-state index contributed by atoms with van der Waals surface area (Å²) >= 11 is 0. The SMILES string of the molecule is Cc1cc2c(c(=O)o1)C(c1ccoc1)C(C#N)=C(N)O2. The summed E-state index contributed by atoms with van der Waals surface area (Å²) in [5, 5.41) is 9.27. The van der Waals surface area contributed by atoms with Gasteiger partial charge in [0, 0.05) is 11.6 Å². The summed E-state index contributed by atoms with van der Waals surface area (Å²) in [7, 11) is 0. The van der Waals surface area contributed by atoms with E-state index in [2.05, 4.69) is 0 Å². The van der Waals surface area contributed by atoms with E-state index in [9.17, 15) is 10.1 Å². The van der Waals surface area contributed by atoms with Crippen molar-refractivity contribution in [2.24, 2.45) is 5.73 Å². The van der Waals surface area contributed by atoms with Crippen molar-refractivity contribution in [3.05, 3.63) is 63.4 Å². The van der Waals surface area contributed by atoms with E-state index in [0.29, 0.717) is 17.1 Å². The van der Waals surface area contributed by atoms with Crippen molar-refractivity contribution < 1.29 is 13.6 Å². The molecule has 1 atom stereocenters. The van der Waals surface area contributed by atoms with Crippen LogP contribution >= 0.6 is 0 Å². The van der Waals surface area contributed by atoms with Crippen molar-refractivity contribution in [1.82, 2.24) is 0 Å². The molecule has 0 aliphatic carbocycles. The van der Waals surface area contributed by atoms with E-state index < -0.39 is 11.5 Å². The van der Waals surface area contributed by atoms with E-state index >= 15 is 0 Å². The molecule has 0 saturated carbocycles. The average molecular weight is 270 g/mol. The summed E-state index contributed by atoms with van der Waals surface area (Å²) in [6.07, 6.45) is 2.93. The van der Waals surface area contributed by atoms with Crippen molar-refractivity contribution in [1.29, 1.82) is 5.26 Å². The minimum absolute atomic E-state index is 0.0174. The molecule has 0 saturated heterocycles. The van der Waals surface area contributed by atoms with Gasteiger partial charge in [-0.05, 0) is 13.0 Å². The highest BCUT2D eigenvalue weighted by molar-refractivity contribution is 5.53. The molecule has 0 radical (unpaired) electrons. The molecule has 3 rings (SSSR count). The molecule has 1 aliphatic rings. The molecular formula is C14H10N2O4. The van der Waals surface area contributed by atoms with Gasteiger partial charge in [-0.1, -0.05) is 0 Å². The van der Waals surface area contributed by atoms with E-state index in [4.69, 9.17) is 19.3 Å². The van der Waals surface area contributed by atoms with E-state index in [1.54, 1.807) is 19.1 Å². The number of nitriles is 1. The van der Waals surface area contributed by atoms with Crippen LogP contribution in [-0.4, -0.2) is 0 Å². The van der Waals surface area contributed by atoms with Crippen LogP contribution in [0, 0.1) is 18.3 Å². The van der Waals surface area contributed by atoms with E-state index in [-0.39, 0.29) is 17.0 Å². The fraction of sp³-hybridized carbons (Fsp3) is 0.143. The van der Waals surface area contributed by atoms with Crippen LogP contribution < -0.4 is 16.1 Å². The predicted octanol–water partition coefficient (Wildman–Crippen LogP) is 1.76. The van der Waals surface area contributed by atoms with Gasteiger partial charge in [-0.25, -0.2) is 4.79 Å². The third-order valence-corrected chi connectivity index (χ3v) is 3.13. The van der Waals surface area contributed by atoms with E-state index in [1.165, 1.54) is 12.5 Å². The van der Waals surface area contributed by atoms with Gasteiger partial charge in [0.05, 0.1) is 24.0 Å². The molecule has 3 heterocycles. The van der Waals surface area contributed by atoms with Crippen molar-refractivity contribution in [2.45, 2.75) is 12.8 Å². The van der Waals surface area contributed by atoms with Gasteiger partial charge in [0.2, 0.25) is 5.88 Å². The van der Waals surface area contributed by atoms with Gasteiger partial charge in [-0.15, -0.1) is 0 Å². The Kier molecular flexibility index (Phi) is 2.61. The molecule has 2 aromatic heterocycles. The Morgan fingerprint density at radius 2 is 2.25 bits per heavy atom. The third-order valence-electron chi connectivity index (χ3n) is 3.13. The molecule has 1 aliphatic heterocycles. The van der Waals surface area contributed by atoms with Gasteiger partial charge in [0.15, 0.2) is 0 Å². The highest BCUT2D eigenvalue weighted by Crippen LogP contribution is 2.40.